The normalized spacial score (nSPS) is 13.4. The molecule has 0 spiro atoms. The minimum atomic E-state index is -0.453. The molecule has 0 radical (unpaired) electrons. The zero-order chi connectivity index (χ0) is 25.4. The quantitative estimate of drug-likeness (QED) is 0.124. The molecule has 0 aliphatic rings. The summed E-state index contributed by atoms with van der Waals surface area (Å²) in [5.74, 6) is -0.0235. The predicted molar refractivity (Wildman–Crippen MR) is 137 cm³/mol. The van der Waals surface area contributed by atoms with Gasteiger partial charge in [0.1, 0.15) is 0 Å². The summed E-state index contributed by atoms with van der Waals surface area (Å²) in [6.45, 7) is 3.48. The van der Waals surface area contributed by atoms with Gasteiger partial charge in [-0.15, -0.1) is 0 Å². The Balaban J connectivity index is 4.38. The fourth-order valence-electron chi connectivity index (χ4n) is 4.57. The van der Waals surface area contributed by atoms with Crippen LogP contribution in [0, 0.1) is 0 Å². The second-order valence-electron chi connectivity index (χ2n) is 9.31. The van der Waals surface area contributed by atoms with Crippen molar-refractivity contribution in [2.24, 2.45) is 0 Å². The molecule has 0 saturated carbocycles. The number of unbranched alkanes of at least 4 members (excludes halogenated alkanes) is 9. The highest BCUT2D eigenvalue weighted by molar-refractivity contribution is 5.76. The first kappa shape index (κ1) is 33.2. The smallest absolute Gasteiger partial charge is 0.222 e. The maximum atomic E-state index is 12.2. The van der Waals surface area contributed by atoms with Gasteiger partial charge in [0.2, 0.25) is 5.91 Å². The molecule has 0 bridgehead atoms. The van der Waals surface area contributed by atoms with E-state index < -0.39 is 6.10 Å². The summed E-state index contributed by atoms with van der Waals surface area (Å²) in [5.41, 5.74) is 0. The summed E-state index contributed by atoms with van der Waals surface area (Å²) in [6, 6.07) is -0.0537. The maximum Gasteiger partial charge on any atom is 0.222 e. The van der Waals surface area contributed by atoms with Crippen LogP contribution in [0.1, 0.15) is 96.8 Å². The van der Waals surface area contributed by atoms with E-state index in [0.717, 1.165) is 57.8 Å². The highest BCUT2D eigenvalue weighted by Gasteiger charge is 2.25. The second-order valence-corrected chi connectivity index (χ2v) is 9.31. The summed E-state index contributed by atoms with van der Waals surface area (Å²) < 4.78 is 0. The van der Waals surface area contributed by atoms with Crippen LogP contribution in [0.4, 0.5) is 0 Å². The Labute approximate surface area is 208 Å². The SMILES string of the molecule is CCCCCCCCC(O)C(CCCCCCCC(=O)N(CCO)CCO)N(CCO)CCO. The van der Waals surface area contributed by atoms with Crippen molar-refractivity contribution in [1.29, 1.82) is 0 Å². The van der Waals surface area contributed by atoms with E-state index >= 15 is 0 Å². The molecule has 204 valence electrons. The van der Waals surface area contributed by atoms with Gasteiger partial charge in [-0.3, -0.25) is 9.69 Å². The Kier molecular flexibility index (Phi) is 23.4. The summed E-state index contributed by atoms with van der Waals surface area (Å²) in [4.78, 5) is 15.7. The van der Waals surface area contributed by atoms with Crippen LogP contribution in [-0.4, -0.2) is 106 Å². The Bertz CT molecular complexity index is 443. The zero-order valence-electron chi connectivity index (χ0n) is 21.7. The Hall–Kier alpha value is -0.770. The molecule has 5 N–H and O–H groups in total. The second kappa shape index (κ2) is 23.9. The third-order valence-electron chi connectivity index (χ3n) is 6.52. The summed E-state index contributed by atoms with van der Waals surface area (Å²) >= 11 is 0. The molecule has 0 aromatic carbocycles. The summed E-state index contributed by atoms with van der Waals surface area (Å²) in [6.07, 6.45) is 13.4. The van der Waals surface area contributed by atoms with E-state index in [4.69, 9.17) is 10.2 Å². The molecule has 0 aromatic heterocycles. The van der Waals surface area contributed by atoms with E-state index in [1.54, 1.807) is 0 Å². The standard InChI is InChI=1S/C26H54N2O6/c1-2-3-4-5-8-11-14-25(33)24(27(16-20-29)17-21-30)13-10-7-6-9-12-15-26(34)28(18-22-31)19-23-32/h24-25,29-33H,2-23H2,1H3. The van der Waals surface area contributed by atoms with Crippen molar-refractivity contribution in [3.05, 3.63) is 0 Å². The number of nitrogens with zero attached hydrogens (tertiary/aromatic N) is 2. The van der Waals surface area contributed by atoms with Gasteiger partial charge in [-0.25, -0.2) is 0 Å². The molecule has 34 heavy (non-hydrogen) atoms. The van der Waals surface area contributed by atoms with Crippen molar-refractivity contribution >= 4 is 5.91 Å². The molecule has 0 aliphatic heterocycles. The Morgan fingerprint density at radius 2 is 1.12 bits per heavy atom. The average molecular weight is 491 g/mol. The lowest BCUT2D eigenvalue weighted by Crippen LogP contribution is -2.46. The molecule has 0 fully saturated rings. The number of rotatable bonds is 25. The largest absolute Gasteiger partial charge is 0.395 e. The predicted octanol–water partition coefficient (Wildman–Crippen LogP) is 2.30. The molecule has 8 heteroatoms. The van der Waals surface area contributed by atoms with Gasteiger partial charge in [-0.2, -0.15) is 0 Å². The molecule has 8 nitrogen and oxygen atoms in total. The van der Waals surface area contributed by atoms with Crippen molar-refractivity contribution in [3.63, 3.8) is 0 Å². The molecule has 0 saturated heterocycles. The first-order valence-corrected chi connectivity index (χ1v) is 13.7. The minimum Gasteiger partial charge on any atom is -0.395 e. The molecule has 0 aromatic rings. The molecular weight excluding hydrogens is 436 g/mol. The number of amides is 1. The molecule has 0 rings (SSSR count). The van der Waals surface area contributed by atoms with Gasteiger partial charge in [0.15, 0.2) is 0 Å². The molecule has 0 aliphatic carbocycles. The van der Waals surface area contributed by atoms with E-state index in [2.05, 4.69) is 6.92 Å². The van der Waals surface area contributed by atoms with Gasteiger partial charge in [0.25, 0.3) is 0 Å². The first-order valence-electron chi connectivity index (χ1n) is 13.7. The van der Waals surface area contributed by atoms with Crippen molar-refractivity contribution in [2.75, 3.05) is 52.6 Å². The van der Waals surface area contributed by atoms with Crippen molar-refractivity contribution < 1.29 is 30.3 Å². The lowest BCUT2D eigenvalue weighted by Gasteiger charge is -2.34. The van der Waals surface area contributed by atoms with Crippen molar-refractivity contribution in [1.82, 2.24) is 9.80 Å². The highest BCUT2D eigenvalue weighted by atomic mass is 16.3. The van der Waals surface area contributed by atoms with Crippen molar-refractivity contribution in [3.8, 4) is 0 Å². The topological polar surface area (TPSA) is 125 Å². The molecular formula is C26H54N2O6. The van der Waals surface area contributed by atoms with E-state index in [-0.39, 0.29) is 51.5 Å². The van der Waals surface area contributed by atoms with Crippen LogP contribution in [0.5, 0.6) is 0 Å². The molecule has 2 atom stereocenters. The van der Waals surface area contributed by atoms with Gasteiger partial charge in [-0.05, 0) is 19.3 Å². The molecule has 1 amide bonds. The third kappa shape index (κ3) is 16.8. The van der Waals surface area contributed by atoms with Gasteiger partial charge in [0.05, 0.1) is 32.5 Å². The van der Waals surface area contributed by atoms with Crippen molar-refractivity contribution in [2.45, 2.75) is 109 Å². The minimum absolute atomic E-state index is 0.0118. The summed E-state index contributed by atoms with van der Waals surface area (Å²) in [5, 5.41) is 47.9. The van der Waals surface area contributed by atoms with E-state index in [1.807, 2.05) is 4.90 Å². The monoisotopic (exact) mass is 490 g/mol. The van der Waals surface area contributed by atoms with Gasteiger partial charge < -0.3 is 30.4 Å². The zero-order valence-corrected chi connectivity index (χ0v) is 21.7. The van der Waals surface area contributed by atoms with Gasteiger partial charge in [-0.1, -0.05) is 71.1 Å². The van der Waals surface area contributed by atoms with Crippen LogP contribution in [-0.2, 0) is 4.79 Å². The van der Waals surface area contributed by atoms with Crippen LogP contribution in [0.3, 0.4) is 0 Å². The lowest BCUT2D eigenvalue weighted by atomic mass is 9.96. The molecule has 2 unspecified atom stereocenters. The van der Waals surface area contributed by atoms with Crippen LogP contribution >= 0.6 is 0 Å². The fourth-order valence-corrected chi connectivity index (χ4v) is 4.57. The number of aliphatic hydroxyl groups excluding tert-OH is 5. The molecule has 0 heterocycles. The first-order chi connectivity index (χ1) is 16.5. The van der Waals surface area contributed by atoms with Crippen LogP contribution < -0.4 is 0 Å². The summed E-state index contributed by atoms with van der Waals surface area (Å²) in [7, 11) is 0. The highest BCUT2D eigenvalue weighted by Crippen LogP contribution is 2.19. The van der Waals surface area contributed by atoms with Gasteiger partial charge >= 0.3 is 0 Å². The third-order valence-corrected chi connectivity index (χ3v) is 6.52. The van der Waals surface area contributed by atoms with E-state index in [1.165, 1.54) is 30.6 Å². The number of hydrogen-bond acceptors (Lipinski definition) is 7. The van der Waals surface area contributed by atoms with E-state index in [9.17, 15) is 20.1 Å². The number of carbonyl (C=O) groups excluding carboxylic acids is 1. The number of hydrogen-bond donors (Lipinski definition) is 5. The Morgan fingerprint density at radius 3 is 1.65 bits per heavy atom. The maximum absolute atomic E-state index is 12.2. The average Bonchev–Trinajstić information content (AvgIpc) is 2.82. The van der Waals surface area contributed by atoms with Crippen LogP contribution in [0.2, 0.25) is 0 Å². The Morgan fingerprint density at radius 1 is 0.647 bits per heavy atom. The number of carbonyl (C=O) groups is 1. The van der Waals surface area contributed by atoms with Crippen LogP contribution in [0.15, 0.2) is 0 Å². The lowest BCUT2D eigenvalue weighted by molar-refractivity contribution is -0.132. The fraction of sp³-hybridized carbons (Fsp3) is 0.962. The van der Waals surface area contributed by atoms with Gasteiger partial charge in [0, 0.05) is 38.6 Å². The number of aliphatic hydroxyl groups is 5. The van der Waals surface area contributed by atoms with E-state index in [0.29, 0.717) is 19.5 Å². The van der Waals surface area contributed by atoms with Crippen LogP contribution in [0.25, 0.3) is 0 Å².